The molecule has 0 spiro atoms. The van der Waals surface area contributed by atoms with E-state index in [1.54, 1.807) is 12.1 Å². The molecule has 2 fully saturated rings. The van der Waals surface area contributed by atoms with E-state index in [0.717, 1.165) is 18.5 Å². The maximum Gasteiger partial charge on any atom is 0.123 e. The fourth-order valence-electron chi connectivity index (χ4n) is 3.16. The van der Waals surface area contributed by atoms with Crippen LogP contribution in [0.2, 0.25) is 0 Å². The Labute approximate surface area is 108 Å². The summed E-state index contributed by atoms with van der Waals surface area (Å²) in [7, 11) is 0. The topological polar surface area (TPSA) is 29.3 Å². The summed E-state index contributed by atoms with van der Waals surface area (Å²) in [6, 6.07) is 8.01. The lowest BCUT2D eigenvalue weighted by Gasteiger charge is -2.34. The summed E-state index contributed by atoms with van der Waals surface area (Å²) in [6.07, 6.45) is 6.01. The molecule has 18 heavy (non-hydrogen) atoms. The smallest absolute Gasteiger partial charge is 0.123 e. The Balaban J connectivity index is 1.92. The third-order valence-electron chi connectivity index (χ3n) is 4.17. The average molecular weight is 248 g/mol. The largest absolute Gasteiger partial charge is 0.326 e. The van der Waals surface area contributed by atoms with Gasteiger partial charge in [-0.05, 0) is 49.9 Å². The van der Waals surface area contributed by atoms with E-state index in [0.29, 0.717) is 6.04 Å². The van der Waals surface area contributed by atoms with Crippen molar-refractivity contribution in [1.29, 1.82) is 0 Å². The first-order valence-corrected chi connectivity index (χ1v) is 7.02. The summed E-state index contributed by atoms with van der Waals surface area (Å²) < 4.78 is 13.4. The minimum atomic E-state index is -0.153. The fraction of sp³-hybridized carbons (Fsp3) is 0.600. The first kappa shape index (κ1) is 12.1. The van der Waals surface area contributed by atoms with Crippen LogP contribution in [-0.4, -0.2) is 23.5 Å². The zero-order chi connectivity index (χ0) is 12.5. The quantitative estimate of drug-likeness (QED) is 0.872. The number of likely N-dealkylation sites (tertiary alicyclic amines) is 1. The van der Waals surface area contributed by atoms with Crippen LogP contribution < -0.4 is 5.73 Å². The standard InChI is InChI=1S/C15H21FN2/c16-12-5-3-4-11(10-12)15-14(17)6-1-2-9-18(15)13-7-8-13/h3-5,10,13-15H,1-2,6-9,17H2. The molecule has 2 atom stereocenters. The Hall–Kier alpha value is -0.930. The van der Waals surface area contributed by atoms with Gasteiger partial charge in [-0.2, -0.15) is 0 Å². The molecule has 98 valence electrons. The number of nitrogens with zero attached hydrogens (tertiary/aromatic N) is 1. The van der Waals surface area contributed by atoms with Gasteiger partial charge < -0.3 is 5.73 Å². The molecule has 2 N–H and O–H groups in total. The molecular weight excluding hydrogens is 227 g/mol. The van der Waals surface area contributed by atoms with Crippen molar-refractivity contribution < 1.29 is 4.39 Å². The highest BCUT2D eigenvalue weighted by Gasteiger charge is 2.38. The van der Waals surface area contributed by atoms with Crippen LogP contribution in [-0.2, 0) is 0 Å². The van der Waals surface area contributed by atoms with Gasteiger partial charge in [-0.3, -0.25) is 4.90 Å². The summed E-state index contributed by atoms with van der Waals surface area (Å²) in [6.45, 7) is 1.11. The lowest BCUT2D eigenvalue weighted by Crippen LogP contribution is -2.41. The minimum Gasteiger partial charge on any atom is -0.326 e. The molecule has 1 saturated heterocycles. The molecule has 0 bridgehead atoms. The van der Waals surface area contributed by atoms with Gasteiger partial charge in [0, 0.05) is 12.1 Å². The van der Waals surface area contributed by atoms with Crippen LogP contribution in [0, 0.1) is 5.82 Å². The number of hydrogen-bond acceptors (Lipinski definition) is 2. The molecule has 1 saturated carbocycles. The van der Waals surface area contributed by atoms with E-state index in [9.17, 15) is 4.39 Å². The number of nitrogens with two attached hydrogens (primary N) is 1. The maximum atomic E-state index is 13.4. The molecular formula is C15H21FN2. The van der Waals surface area contributed by atoms with Crippen LogP contribution in [0.15, 0.2) is 24.3 Å². The minimum absolute atomic E-state index is 0.134. The van der Waals surface area contributed by atoms with Crippen molar-refractivity contribution in [1.82, 2.24) is 4.90 Å². The van der Waals surface area contributed by atoms with Crippen molar-refractivity contribution in [3.05, 3.63) is 35.6 Å². The van der Waals surface area contributed by atoms with E-state index in [4.69, 9.17) is 5.73 Å². The molecule has 2 unspecified atom stereocenters. The summed E-state index contributed by atoms with van der Waals surface area (Å²) in [5, 5.41) is 0. The summed E-state index contributed by atoms with van der Waals surface area (Å²) in [5.41, 5.74) is 7.41. The van der Waals surface area contributed by atoms with Gasteiger partial charge >= 0.3 is 0 Å². The number of halogens is 1. The zero-order valence-corrected chi connectivity index (χ0v) is 10.7. The highest BCUT2D eigenvalue weighted by atomic mass is 19.1. The van der Waals surface area contributed by atoms with Crippen LogP contribution >= 0.6 is 0 Å². The second kappa shape index (κ2) is 4.98. The number of benzene rings is 1. The van der Waals surface area contributed by atoms with Gasteiger partial charge in [-0.15, -0.1) is 0 Å². The third kappa shape index (κ3) is 2.43. The number of rotatable bonds is 2. The first-order valence-electron chi connectivity index (χ1n) is 7.02. The van der Waals surface area contributed by atoms with Crippen molar-refractivity contribution in [3.8, 4) is 0 Å². The van der Waals surface area contributed by atoms with E-state index < -0.39 is 0 Å². The van der Waals surface area contributed by atoms with Crippen LogP contribution in [0.1, 0.15) is 43.7 Å². The second-order valence-electron chi connectivity index (χ2n) is 5.63. The summed E-state index contributed by atoms with van der Waals surface area (Å²) in [5.74, 6) is -0.153. The van der Waals surface area contributed by atoms with Gasteiger partial charge in [0.2, 0.25) is 0 Å². The second-order valence-corrected chi connectivity index (χ2v) is 5.63. The molecule has 0 aromatic heterocycles. The normalized spacial score (nSPS) is 30.1. The third-order valence-corrected chi connectivity index (χ3v) is 4.17. The Morgan fingerprint density at radius 3 is 2.72 bits per heavy atom. The predicted molar refractivity (Wildman–Crippen MR) is 70.7 cm³/mol. The Kier molecular flexibility index (Phi) is 3.35. The molecule has 1 aromatic carbocycles. The summed E-state index contributed by atoms with van der Waals surface area (Å²) in [4.78, 5) is 2.52. The molecule has 3 rings (SSSR count). The van der Waals surface area contributed by atoms with Gasteiger partial charge in [-0.1, -0.05) is 18.6 Å². The maximum absolute atomic E-state index is 13.4. The van der Waals surface area contributed by atoms with Crippen molar-refractivity contribution in [3.63, 3.8) is 0 Å². The molecule has 1 heterocycles. The molecule has 0 radical (unpaired) electrons. The highest BCUT2D eigenvalue weighted by molar-refractivity contribution is 5.23. The fourth-order valence-corrected chi connectivity index (χ4v) is 3.16. The van der Waals surface area contributed by atoms with E-state index in [-0.39, 0.29) is 17.9 Å². The van der Waals surface area contributed by atoms with E-state index in [1.165, 1.54) is 31.7 Å². The Morgan fingerprint density at radius 1 is 1.17 bits per heavy atom. The van der Waals surface area contributed by atoms with Gasteiger partial charge in [-0.25, -0.2) is 4.39 Å². The van der Waals surface area contributed by atoms with Crippen LogP contribution in [0.4, 0.5) is 4.39 Å². The zero-order valence-electron chi connectivity index (χ0n) is 10.7. The van der Waals surface area contributed by atoms with Crippen molar-refractivity contribution >= 4 is 0 Å². The molecule has 2 aliphatic rings. The van der Waals surface area contributed by atoms with E-state index in [1.807, 2.05) is 6.07 Å². The molecule has 1 aliphatic carbocycles. The summed E-state index contributed by atoms with van der Waals surface area (Å²) >= 11 is 0. The number of hydrogen-bond donors (Lipinski definition) is 1. The monoisotopic (exact) mass is 248 g/mol. The lowest BCUT2D eigenvalue weighted by molar-refractivity contribution is 0.175. The average Bonchev–Trinajstić information content (AvgIpc) is 3.15. The van der Waals surface area contributed by atoms with Crippen LogP contribution in [0.3, 0.4) is 0 Å². The van der Waals surface area contributed by atoms with E-state index in [2.05, 4.69) is 4.90 Å². The molecule has 3 heteroatoms. The van der Waals surface area contributed by atoms with Gasteiger partial charge in [0.25, 0.3) is 0 Å². The Bertz CT molecular complexity index is 417. The Morgan fingerprint density at radius 2 is 2.00 bits per heavy atom. The van der Waals surface area contributed by atoms with Gasteiger partial charge in [0.1, 0.15) is 5.82 Å². The van der Waals surface area contributed by atoms with Crippen molar-refractivity contribution in [2.75, 3.05) is 6.54 Å². The molecule has 1 aromatic rings. The first-order chi connectivity index (χ1) is 8.75. The van der Waals surface area contributed by atoms with Crippen molar-refractivity contribution in [2.24, 2.45) is 5.73 Å². The van der Waals surface area contributed by atoms with Gasteiger partial charge in [0.15, 0.2) is 0 Å². The van der Waals surface area contributed by atoms with Crippen LogP contribution in [0.5, 0.6) is 0 Å². The SMILES string of the molecule is NC1CCCCN(C2CC2)C1c1cccc(F)c1. The molecule has 2 nitrogen and oxygen atoms in total. The predicted octanol–water partition coefficient (Wildman–Crippen LogP) is 2.84. The molecule has 1 aliphatic heterocycles. The lowest BCUT2D eigenvalue weighted by atomic mass is 9.96. The molecule has 0 amide bonds. The van der Waals surface area contributed by atoms with E-state index >= 15 is 0 Å². The highest BCUT2D eigenvalue weighted by Crippen LogP contribution is 2.38. The van der Waals surface area contributed by atoms with Gasteiger partial charge in [0.05, 0.1) is 6.04 Å². The van der Waals surface area contributed by atoms with Crippen LogP contribution in [0.25, 0.3) is 0 Å². The van der Waals surface area contributed by atoms with Crippen molar-refractivity contribution in [2.45, 2.75) is 50.2 Å².